The van der Waals surface area contributed by atoms with Crippen LogP contribution in [0, 0.1) is 0 Å². The van der Waals surface area contributed by atoms with Crippen LogP contribution in [0.1, 0.15) is 30.1 Å². The third kappa shape index (κ3) is 4.51. The van der Waals surface area contributed by atoms with E-state index < -0.39 is 0 Å². The first-order valence-electron chi connectivity index (χ1n) is 9.67. The second-order valence-electron chi connectivity index (χ2n) is 6.84. The summed E-state index contributed by atoms with van der Waals surface area (Å²) in [6.45, 7) is 3.81. The van der Waals surface area contributed by atoms with Gasteiger partial charge in [-0.3, -0.25) is 4.79 Å². The van der Waals surface area contributed by atoms with Gasteiger partial charge in [-0.25, -0.2) is 4.79 Å². The van der Waals surface area contributed by atoms with Crippen molar-refractivity contribution in [1.29, 1.82) is 0 Å². The lowest BCUT2D eigenvalue weighted by molar-refractivity contribution is 0.0988. The number of anilines is 2. The Morgan fingerprint density at radius 2 is 1.86 bits per heavy atom. The Balaban J connectivity index is 1.66. The van der Waals surface area contributed by atoms with Crippen molar-refractivity contribution in [2.75, 3.05) is 37.0 Å². The van der Waals surface area contributed by atoms with Gasteiger partial charge in [-0.05, 0) is 56.2 Å². The van der Waals surface area contributed by atoms with Crippen LogP contribution in [0.25, 0.3) is 0 Å². The minimum atomic E-state index is -0.127. The maximum Gasteiger partial charge on any atom is 0.322 e. The highest BCUT2D eigenvalue weighted by Gasteiger charge is 2.28. The van der Waals surface area contributed by atoms with Crippen LogP contribution in [0.15, 0.2) is 54.6 Å². The van der Waals surface area contributed by atoms with Crippen molar-refractivity contribution in [3.63, 3.8) is 0 Å². The first-order valence-corrected chi connectivity index (χ1v) is 9.67. The average molecular weight is 381 g/mol. The smallest absolute Gasteiger partial charge is 0.322 e. The number of carbonyl (C=O) groups is 2. The molecule has 1 saturated heterocycles. The fourth-order valence-electron chi connectivity index (χ4n) is 3.57. The number of urea groups is 1. The summed E-state index contributed by atoms with van der Waals surface area (Å²) < 4.78 is 5.20. The Morgan fingerprint density at radius 3 is 2.50 bits per heavy atom. The highest BCUT2D eigenvalue weighted by atomic mass is 16.5. The summed E-state index contributed by atoms with van der Waals surface area (Å²) in [7, 11) is 1.65. The third-order valence-corrected chi connectivity index (χ3v) is 5.01. The van der Waals surface area contributed by atoms with Crippen molar-refractivity contribution >= 4 is 23.3 Å². The first-order chi connectivity index (χ1) is 13.6. The van der Waals surface area contributed by atoms with Gasteiger partial charge >= 0.3 is 6.03 Å². The molecule has 3 rings (SSSR count). The van der Waals surface area contributed by atoms with Crippen molar-refractivity contribution in [3.8, 4) is 0 Å². The summed E-state index contributed by atoms with van der Waals surface area (Å²) >= 11 is 0. The molecule has 1 unspecified atom stereocenters. The minimum absolute atomic E-state index is 0.0636. The van der Waals surface area contributed by atoms with Crippen LogP contribution < -0.4 is 10.2 Å². The molecular weight excluding hydrogens is 354 g/mol. The van der Waals surface area contributed by atoms with Crippen LogP contribution in [-0.2, 0) is 4.74 Å². The zero-order valence-electron chi connectivity index (χ0n) is 16.4. The fraction of sp³-hybridized carbons (Fsp3) is 0.364. The second-order valence-corrected chi connectivity index (χ2v) is 6.84. The number of para-hydroxylation sites is 1. The molecule has 0 saturated carbocycles. The Kier molecular flexibility index (Phi) is 6.66. The van der Waals surface area contributed by atoms with Crippen LogP contribution in [0.5, 0.6) is 0 Å². The molecule has 148 valence electrons. The van der Waals surface area contributed by atoms with Crippen molar-refractivity contribution in [1.82, 2.24) is 4.90 Å². The molecule has 1 aliphatic heterocycles. The Hall–Kier alpha value is -2.86. The van der Waals surface area contributed by atoms with E-state index in [1.165, 1.54) is 0 Å². The molecule has 1 fully saturated rings. The van der Waals surface area contributed by atoms with Crippen LogP contribution in [0.2, 0.25) is 0 Å². The lowest BCUT2D eigenvalue weighted by atomic mass is 10.1. The number of hydrogen-bond acceptors (Lipinski definition) is 3. The van der Waals surface area contributed by atoms with E-state index in [-0.39, 0.29) is 18.0 Å². The van der Waals surface area contributed by atoms with Crippen LogP contribution in [0.3, 0.4) is 0 Å². The van der Waals surface area contributed by atoms with Crippen molar-refractivity contribution in [2.24, 2.45) is 0 Å². The van der Waals surface area contributed by atoms with Crippen molar-refractivity contribution in [3.05, 3.63) is 60.2 Å². The Morgan fingerprint density at radius 1 is 1.14 bits per heavy atom. The highest BCUT2D eigenvalue weighted by molar-refractivity contribution is 6.06. The van der Waals surface area contributed by atoms with E-state index in [1.54, 1.807) is 36.3 Å². The van der Waals surface area contributed by atoms with Crippen LogP contribution in [0.4, 0.5) is 16.2 Å². The average Bonchev–Trinajstić information content (AvgIpc) is 3.19. The quantitative estimate of drug-likeness (QED) is 0.823. The summed E-state index contributed by atoms with van der Waals surface area (Å²) in [5, 5.41) is 2.92. The second kappa shape index (κ2) is 9.37. The normalized spacial score (nSPS) is 16.1. The predicted molar refractivity (Wildman–Crippen MR) is 111 cm³/mol. The molecule has 1 atom stereocenters. The molecule has 0 radical (unpaired) electrons. The number of nitrogens with zero attached hydrogens (tertiary/aromatic N) is 2. The van der Waals surface area contributed by atoms with E-state index in [9.17, 15) is 9.59 Å². The number of hydrogen-bond donors (Lipinski definition) is 1. The fourth-order valence-corrected chi connectivity index (χ4v) is 3.57. The molecule has 6 heteroatoms. The van der Waals surface area contributed by atoms with Gasteiger partial charge in [-0.15, -0.1) is 0 Å². The molecule has 0 bridgehead atoms. The molecule has 1 aliphatic rings. The summed E-state index contributed by atoms with van der Waals surface area (Å²) in [6.07, 6.45) is 1.95. The van der Waals surface area contributed by atoms with Gasteiger partial charge in [-0.1, -0.05) is 18.2 Å². The SMILES string of the molecule is CCN(C(=O)c1ccc(NC(=O)N2CCCC2COC)cc1)c1ccccc1. The van der Waals surface area contributed by atoms with E-state index in [4.69, 9.17) is 4.74 Å². The van der Waals surface area contributed by atoms with Crippen molar-refractivity contribution < 1.29 is 14.3 Å². The third-order valence-electron chi connectivity index (χ3n) is 5.01. The molecule has 0 spiro atoms. The van der Waals surface area contributed by atoms with Gasteiger partial charge in [0.15, 0.2) is 0 Å². The largest absolute Gasteiger partial charge is 0.383 e. The number of ether oxygens (including phenoxy) is 1. The standard InChI is InChI=1S/C22H27N3O3/c1-3-24(19-8-5-4-6-9-19)21(26)17-11-13-18(14-12-17)23-22(27)25-15-7-10-20(25)16-28-2/h4-6,8-9,11-14,20H,3,7,10,15-16H2,1-2H3,(H,23,27). The Bertz CT molecular complexity index is 792. The molecule has 28 heavy (non-hydrogen) atoms. The van der Waals surface area contributed by atoms with Gasteiger partial charge in [-0.2, -0.15) is 0 Å². The number of rotatable bonds is 6. The lowest BCUT2D eigenvalue weighted by Gasteiger charge is -2.24. The van der Waals surface area contributed by atoms with E-state index >= 15 is 0 Å². The van der Waals surface area contributed by atoms with Gasteiger partial charge in [0.1, 0.15) is 0 Å². The highest BCUT2D eigenvalue weighted by Crippen LogP contribution is 2.21. The number of likely N-dealkylation sites (tertiary alicyclic amines) is 1. The van der Waals surface area contributed by atoms with Gasteiger partial charge in [0.2, 0.25) is 0 Å². The molecule has 2 aromatic rings. The zero-order valence-corrected chi connectivity index (χ0v) is 16.4. The molecule has 2 aromatic carbocycles. The monoisotopic (exact) mass is 381 g/mol. The molecule has 1 N–H and O–H groups in total. The molecule has 1 heterocycles. The Labute approximate surface area is 166 Å². The van der Waals surface area contributed by atoms with E-state index in [0.717, 1.165) is 25.1 Å². The lowest BCUT2D eigenvalue weighted by Crippen LogP contribution is -2.40. The molecule has 6 nitrogen and oxygen atoms in total. The van der Waals surface area contributed by atoms with E-state index in [2.05, 4.69) is 5.32 Å². The summed E-state index contributed by atoms with van der Waals surface area (Å²) in [6, 6.07) is 16.6. The predicted octanol–water partition coefficient (Wildman–Crippen LogP) is 4.00. The zero-order chi connectivity index (χ0) is 19.9. The minimum Gasteiger partial charge on any atom is -0.383 e. The van der Waals surface area contributed by atoms with Gasteiger partial charge in [0, 0.05) is 37.1 Å². The number of nitrogens with one attached hydrogen (secondary N) is 1. The molecule has 0 aromatic heterocycles. The molecule has 3 amide bonds. The van der Waals surface area contributed by atoms with Gasteiger partial charge in [0.05, 0.1) is 12.6 Å². The molecule has 0 aliphatic carbocycles. The van der Waals surface area contributed by atoms with Gasteiger partial charge in [0.25, 0.3) is 5.91 Å². The van der Waals surface area contributed by atoms with E-state index in [1.807, 2.05) is 42.2 Å². The first kappa shape index (κ1) is 19.9. The summed E-state index contributed by atoms with van der Waals surface area (Å²) in [5.74, 6) is -0.0636. The van der Waals surface area contributed by atoms with Crippen LogP contribution >= 0.6 is 0 Å². The van der Waals surface area contributed by atoms with E-state index in [0.29, 0.717) is 24.4 Å². The van der Waals surface area contributed by atoms with Gasteiger partial charge < -0.3 is 19.9 Å². The molecular formula is C22H27N3O3. The number of carbonyl (C=O) groups excluding carboxylic acids is 2. The maximum atomic E-state index is 12.9. The topological polar surface area (TPSA) is 61.9 Å². The van der Waals surface area contributed by atoms with Crippen molar-refractivity contribution in [2.45, 2.75) is 25.8 Å². The maximum absolute atomic E-state index is 12.9. The van der Waals surface area contributed by atoms with Crippen LogP contribution in [-0.4, -0.2) is 49.7 Å². The summed E-state index contributed by atoms with van der Waals surface area (Å²) in [4.78, 5) is 28.9. The summed E-state index contributed by atoms with van der Waals surface area (Å²) in [5.41, 5.74) is 2.13. The number of methoxy groups -OCH3 is 1. The number of amides is 3. The number of benzene rings is 2.